The van der Waals surface area contributed by atoms with Gasteiger partial charge in [0.15, 0.2) is 0 Å². The van der Waals surface area contributed by atoms with Gasteiger partial charge >= 0.3 is 0 Å². The molecule has 0 aliphatic heterocycles. The van der Waals surface area contributed by atoms with E-state index in [4.69, 9.17) is 23.2 Å². The zero-order valence-corrected chi connectivity index (χ0v) is 24.6. The molecule has 3 aromatic carbocycles. The molecule has 0 saturated heterocycles. The van der Waals surface area contributed by atoms with E-state index in [1.54, 1.807) is 30.3 Å². The van der Waals surface area contributed by atoms with Gasteiger partial charge in [-0.2, -0.15) is 0 Å². The minimum atomic E-state index is -4.22. The van der Waals surface area contributed by atoms with Crippen molar-refractivity contribution >= 4 is 50.7 Å². The number of nitrogens with one attached hydrogen (secondary N) is 1. The Labute approximate surface area is 246 Å². The molecule has 2 amide bonds. The molecule has 0 radical (unpaired) electrons. The second-order valence-corrected chi connectivity index (χ2v) is 12.5. The zero-order chi connectivity index (χ0) is 28.7. The quantitative estimate of drug-likeness (QED) is 0.289. The smallest absolute Gasteiger partial charge is 0.264 e. The van der Waals surface area contributed by atoms with Gasteiger partial charge in [0.05, 0.1) is 20.6 Å². The molecule has 4 rings (SSSR count). The first-order chi connectivity index (χ1) is 19.2. The molecule has 7 nitrogen and oxygen atoms in total. The van der Waals surface area contributed by atoms with Crippen molar-refractivity contribution in [2.24, 2.45) is 0 Å². The van der Waals surface area contributed by atoms with E-state index in [1.807, 2.05) is 37.3 Å². The van der Waals surface area contributed by atoms with E-state index in [9.17, 15) is 18.0 Å². The molecule has 1 aliphatic rings. The van der Waals surface area contributed by atoms with Crippen LogP contribution in [0.25, 0.3) is 0 Å². The number of carbonyl (C=O) groups excluding carboxylic acids is 2. The van der Waals surface area contributed by atoms with Gasteiger partial charge in [-0.05, 0) is 49.1 Å². The fraction of sp³-hybridized carbons (Fsp3) is 0.333. The van der Waals surface area contributed by atoms with Crippen LogP contribution in [0.1, 0.15) is 44.6 Å². The standard InChI is InChI=1S/C30H33Cl2N3O4S/c1-2-26(30(37)33-23-14-9-10-15-23)34(20-22-12-5-3-6-13-22)28(36)21-35(27-19-11-18-25(31)29(27)32)40(38,39)24-16-7-4-8-17-24/h3-8,11-13,16-19,23,26H,2,9-10,14-15,20-21H2,1H3,(H,33,37). The molecular formula is C30H33Cl2N3O4S. The van der Waals surface area contributed by atoms with Crippen LogP contribution < -0.4 is 9.62 Å². The SMILES string of the molecule is CCC(C(=O)NC1CCCC1)N(Cc1ccccc1)C(=O)CN(c1cccc(Cl)c1Cl)S(=O)(=O)c1ccccc1. The number of nitrogens with zero attached hydrogens (tertiary/aromatic N) is 2. The number of benzene rings is 3. The summed E-state index contributed by atoms with van der Waals surface area (Å²) in [5, 5.41) is 3.27. The minimum absolute atomic E-state index is 0.000491. The summed E-state index contributed by atoms with van der Waals surface area (Å²) in [6.45, 7) is 1.41. The number of carbonyl (C=O) groups is 2. The van der Waals surface area contributed by atoms with Gasteiger partial charge in [-0.25, -0.2) is 8.42 Å². The third-order valence-corrected chi connectivity index (χ3v) is 9.68. The number of hydrogen-bond acceptors (Lipinski definition) is 4. The number of sulfonamides is 1. The first-order valence-electron chi connectivity index (χ1n) is 13.4. The number of rotatable bonds is 11. The highest BCUT2D eigenvalue weighted by atomic mass is 35.5. The summed E-state index contributed by atoms with van der Waals surface area (Å²) < 4.78 is 28.8. The van der Waals surface area contributed by atoms with Crippen LogP contribution in [0.15, 0.2) is 83.8 Å². The maximum atomic E-state index is 14.1. The van der Waals surface area contributed by atoms with E-state index in [-0.39, 0.29) is 39.1 Å². The molecule has 0 aromatic heterocycles. The molecule has 1 atom stereocenters. The van der Waals surface area contributed by atoms with Gasteiger partial charge in [-0.3, -0.25) is 13.9 Å². The van der Waals surface area contributed by atoms with Crippen molar-refractivity contribution in [3.63, 3.8) is 0 Å². The molecule has 1 aliphatic carbocycles. The van der Waals surface area contributed by atoms with E-state index in [2.05, 4.69) is 5.32 Å². The summed E-state index contributed by atoms with van der Waals surface area (Å²) in [5.74, 6) is -0.773. The number of halogens is 2. The van der Waals surface area contributed by atoms with Crippen molar-refractivity contribution in [2.75, 3.05) is 10.8 Å². The predicted molar refractivity (Wildman–Crippen MR) is 159 cm³/mol. The molecule has 1 fully saturated rings. The molecule has 1 saturated carbocycles. The van der Waals surface area contributed by atoms with Crippen molar-refractivity contribution in [2.45, 2.75) is 62.6 Å². The van der Waals surface area contributed by atoms with Crippen LogP contribution in [-0.2, 0) is 26.2 Å². The highest BCUT2D eigenvalue weighted by Gasteiger charge is 2.35. The predicted octanol–water partition coefficient (Wildman–Crippen LogP) is 6.05. The fourth-order valence-electron chi connectivity index (χ4n) is 4.99. The summed E-state index contributed by atoms with van der Waals surface area (Å²) in [4.78, 5) is 29.0. The van der Waals surface area contributed by atoms with Gasteiger partial charge in [0, 0.05) is 12.6 Å². The molecule has 40 heavy (non-hydrogen) atoms. The second kappa shape index (κ2) is 13.5. The largest absolute Gasteiger partial charge is 0.352 e. The fourth-order valence-corrected chi connectivity index (χ4v) is 6.88. The Kier molecular flexibility index (Phi) is 10.1. The van der Waals surface area contributed by atoms with Gasteiger partial charge in [-0.1, -0.05) is 97.6 Å². The van der Waals surface area contributed by atoms with Gasteiger partial charge < -0.3 is 10.2 Å². The van der Waals surface area contributed by atoms with Crippen LogP contribution in [0.5, 0.6) is 0 Å². The topological polar surface area (TPSA) is 86.8 Å². The van der Waals surface area contributed by atoms with Gasteiger partial charge in [0.2, 0.25) is 11.8 Å². The van der Waals surface area contributed by atoms with Crippen LogP contribution in [0.2, 0.25) is 10.0 Å². The lowest BCUT2D eigenvalue weighted by Crippen LogP contribution is -2.53. The number of hydrogen-bond donors (Lipinski definition) is 1. The molecular weight excluding hydrogens is 569 g/mol. The normalized spacial score (nSPS) is 14.5. The molecule has 0 heterocycles. The number of anilines is 1. The van der Waals surface area contributed by atoms with E-state index in [1.165, 1.54) is 23.1 Å². The summed E-state index contributed by atoms with van der Waals surface area (Å²) in [5.41, 5.74) is 0.899. The lowest BCUT2D eigenvalue weighted by atomic mass is 10.1. The molecule has 212 valence electrons. The summed E-state index contributed by atoms with van der Waals surface area (Å²) >= 11 is 12.7. The summed E-state index contributed by atoms with van der Waals surface area (Å²) in [6, 6.07) is 21.1. The third-order valence-electron chi connectivity index (χ3n) is 7.09. The van der Waals surface area contributed by atoms with Crippen LogP contribution in [0, 0.1) is 0 Å². The second-order valence-electron chi connectivity index (χ2n) is 9.82. The van der Waals surface area contributed by atoms with Gasteiger partial charge in [0.1, 0.15) is 12.6 Å². The van der Waals surface area contributed by atoms with Crippen LogP contribution >= 0.6 is 23.2 Å². The van der Waals surface area contributed by atoms with Crippen molar-refractivity contribution in [3.05, 3.63) is 94.5 Å². The maximum Gasteiger partial charge on any atom is 0.264 e. The van der Waals surface area contributed by atoms with E-state index < -0.39 is 28.5 Å². The van der Waals surface area contributed by atoms with Crippen LogP contribution in [0.3, 0.4) is 0 Å². The van der Waals surface area contributed by atoms with Crippen LogP contribution in [0.4, 0.5) is 5.69 Å². The average Bonchev–Trinajstić information content (AvgIpc) is 3.47. The highest BCUT2D eigenvalue weighted by Crippen LogP contribution is 2.35. The average molecular weight is 603 g/mol. The Bertz CT molecular complexity index is 1420. The zero-order valence-electron chi connectivity index (χ0n) is 22.3. The summed E-state index contributed by atoms with van der Waals surface area (Å²) in [7, 11) is -4.22. The first kappa shape index (κ1) is 29.9. The van der Waals surface area contributed by atoms with E-state index in [0.717, 1.165) is 35.6 Å². The van der Waals surface area contributed by atoms with E-state index >= 15 is 0 Å². The van der Waals surface area contributed by atoms with Crippen molar-refractivity contribution in [1.82, 2.24) is 10.2 Å². The Morgan fingerprint density at radius 1 is 0.925 bits per heavy atom. The van der Waals surface area contributed by atoms with Crippen molar-refractivity contribution in [1.29, 1.82) is 0 Å². The van der Waals surface area contributed by atoms with Crippen LogP contribution in [-0.4, -0.2) is 43.8 Å². The highest BCUT2D eigenvalue weighted by molar-refractivity contribution is 7.92. The first-order valence-corrected chi connectivity index (χ1v) is 15.6. The number of amides is 2. The van der Waals surface area contributed by atoms with Crippen molar-refractivity contribution < 1.29 is 18.0 Å². The molecule has 0 spiro atoms. The molecule has 0 bridgehead atoms. The Balaban J connectivity index is 1.72. The van der Waals surface area contributed by atoms with Gasteiger partial charge in [-0.15, -0.1) is 0 Å². The monoisotopic (exact) mass is 601 g/mol. The maximum absolute atomic E-state index is 14.1. The minimum Gasteiger partial charge on any atom is -0.352 e. The van der Waals surface area contributed by atoms with Crippen molar-refractivity contribution in [3.8, 4) is 0 Å². The third kappa shape index (κ3) is 6.97. The lowest BCUT2D eigenvalue weighted by molar-refractivity contribution is -0.140. The Hall–Kier alpha value is -3.07. The van der Waals surface area contributed by atoms with Gasteiger partial charge in [0.25, 0.3) is 10.0 Å². The Morgan fingerprint density at radius 3 is 2.17 bits per heavy atom. The molecule has 3 aromatic rings. The molecule has 1 unspecified atom stereocenters. The summed E-state index contributed by atoms with van der Waals surface area (Å²) in [6.07, 6.45) is 4.29. The molecule has 10 heteroatoms. The Morgan fingerprint density at radius 2 is 1.55 bits per heavy atom. The van der Waals surface area contributed by atoms with E-state index in [0.29, 0.717) is 6.42 Å². The molecule has 1 N–H and O–H groups in total. The lowest BCUT2D eigenvalue weighted by Gasteiger charge is -2.34.